The minimum Gasteiger partial charge on any atom is -0.366 e. The number of nitrogens with one attached hydrogen (secondary N) is 1. The molecule has 0 fully saturated rings. The second-order valence-electron chi connectivity index (χ2n) is 4.45. The van der Waals surface area contributed by atoms with Crippen molar-refractivity contribution in [3.05, 3.63) is 33.9 Å². The van der Waals surface area contributed by atoms with Gasteiger partial charge in [-0.15, -0.1) is 0 Å². The second-order valence-corrected chi connectivity index (χ2v) is 6.60. The predicted octanol–water partition coefficient (Wildman–Crippen LogP) is 1.96. The molecule has 0 spiro atoms. The first-order chi connectivity index (χ1) is 10.3. The summed E-state index contributed by atoms with van der Waals surface area (Å²) in [5, 5.41) is 21.3. The zero-order valence-electron chi connectivity index (χ0n) is 11.9. The highest BCUT2D eigenvalue weighted by molar-refractivity contribution is 7.56. The molecule has 0 saturated carbocycles. The van der Waals surface area contributed by atoms with Crippen LogP contribution in [0.25, 0.3) is 0 Å². The van der Waals surface area contributed by atoms with Gasteiger partial charge in [0.2, 0.25) is 0 Å². The monoisotopic (exact) mass is 330 g/mol. The number of hydrogen-bond acceptors (Lipinski definition) is 7. The van der Waals surface area contributed by atoms with Gasteiger partial charge in [0.15, 0.2) is 0 Å². The summed E-state index contributed by atoms with van der Waals surface area (Å²) in [6.45, 7) is 2.90. The fraction of sp³-hybridized carbons (Fsp3) is 0.417. The summed E-state index contributed by atoms with van der Waals surface area (Å²) in [6, 6.07) is 3.40. The number of nitro benzene ring substituents is 1. The van der Waals surface area contributed by atoms with Crippen LogP contribution in [0.5, 0.6) is 0 Å². The fourth-order valence-electron chi connectivity index (χ4n) is 2.21. The molecule has 1 amide bonds. The van der Waals surface area contributed by atoms with Crippen molar-refractivity contribution in [3.63, 3.8) is 0 Å². The van der Waals surface area contributed by atoms with E-state index >= 15 is 0 Å². The molecule has 1 aromatic carbocycles. The van der Waals surface area contributed by atoms with Gasteiger partial charge in [0.1, 0.15) is 0 Å². The molecular formula is C12H15N2O7P. The molecule has 2 rings (SSSR count). The van der Waals surface area contributed by atoms with Gasteiger partial charge in [0.25, 0.3) is 16.9 Å². The van der Waals surface area contributed by atoms with Crippen LogP contribution in [-0.2, 0) is 23.7 Å². The van der Waals surface area contributed by atoms with E-state index in [9.17, 15) is 24.6 Å². The second kappa shape index (κ2) is 5.77. The lowest BCUT2D eigenvalue weighted by Crippen LogP contribution is -2.35. The number of carbonyl (C=O) groups is 1. The first kappa shape index (κ1) is 16.6. The number of non-ortho nitro benzene ring substituents is 1. The standard InChI is InChI=1S/C12H15N2O7P/c1-3-20-22(19,21-4-2)12(16)9-7-8(14(17)18)5-6-10(9)13-11(12)15/h5-7,16H,3-4H2,1-2H3,(H,13,15). The van der Waals surface area contributed by atoms with E-state index in [0.29, 0.717) is 0 Å². The molecule has 1 heterocycles. The van der Waals surface area contributed by atoms with Gasteiger partial charge in [-0.2, -0.15) is 0 Å². The van der Waals surface area contributed by atoms with E-state index in [0.717, 1.165) is 12.1 Å². The number of amides is 1. The van der Waals surface area contributed by atoms with Crippen molar-refractivity contribution >= 4 is 24.9 Å². The molecule has 0 radical (unpaired) electrons. The Morgan fingerprint density at radius 3 is 2.45 bits per heavy atom. The maximum absolute atomic E-state index is 12.9. The van der Waals surface area contributed by atoms with Gasteiger partial charge < -0.3 is 19.5 Å². The molecule has 1 aromatic rings. The van der Waals surface area contributed by atoms with E-state index in [1.807, 2.05) is 0 Å². The Bertz CT molecular complexity index is 667. The molecule has 120 valence electrons. The van der Waals surface area contributed by atoms with Gasteiger partial charge in [-0.3, -0.25) is 19.5 Å². The van der Waals surface area contributed by atoms with Crippen molar-refractivity contribution in [2.24, 2.45) is 0 Å². The van der Waals surface area contributed by atoms with Gasteiger partial charge in [-0.25, -0.2) is 0 Å². The van der Waals surface area contributed by atoms with E-state index < -0.39 is 23.8 Å². The highest BCUT2D eigenvalue weighted by Gasteiger charge is 2.62. The maximum Gasteiger partial charge on any atom is 0.376 e. The smallest absolute Gasteiger partial charge is 0.366 e. The molecule has 1 atom stereocenters. The Hall–Kier alpha value is -1.80. The lowest BCUT2D eigenvalue weighted by atomic mass is 10.1. The van der Waals surface area contributed by atoms with Crippen molar-refractivity contribution < 1.29 is 28.4 Å². The van der Waals surface area contributed by atoms with Crippen LogP contribution in [-0.4, -0.2) is 29.2 Å². The molecular weight excluding hydrogens is 315 g/mol. The predicted molar refractivity (Wildman–Crippen MR) is 76.5 cm³/mol. The topological polar surface area (TPSA) is 128 Å². The van der Waals surface area contributed by atoms with Crippen LogP contribution in [0.2, 0.25) is 0 Å². The highest BCUT2D eigenvalue weighted by atomic mass is 31.2. The molecule has 0 aliphatic carbocycles. The van der Waals surface area contributed by atoms with Gasteiger partial charge in [-0.05, 0) is 19.9 Å². The van der Waals surface area contributed by atoms with Crippen LogP contribution in [0.4, 0.5) is 11.4 Å². The van der Waals surface area contributed by atoms with Crippen LogP contribution in [0, 0.1) is 10.1 Å². The number of nitrogens with zero attached hydrogens (tertiary/aromatic N) is 1. The summed E-state index contributed by atoms with van der Waals surface area (Å²) >= 11 is 0. The first-order valence-corrected chi connectivity index (χ1v) is 8.06. The van der Waals surface area contributed by atoms with Gasteiger partial charge >= 0.3 is 7.60 Å². The summed E-state index contributed by atoms with van der Waals surface area (Å²) in [5.74, 6) is -1.01. The summed E-state index contributed by atoms with van der Waals surface area (Å²) in [6.07, 6.45) is 0. The lowest BCUT2D eigenvalue weighted by Gasteiger charge is -2.29. The summed E-state index contributed by atoms with van der Waals surface area (Å²) in [7, 11) is -4.30. The van der Waals surface area contributed by atoms with Crippen molar-refractivity contribution in [1.29, 1.82) is 0 Å². The third kappa shape index (κ3) is 2.32. The minimum absolute atomic E-state index is 0.0723. The van der Waals surface area contributed by atoms with E-state index in [1.165, 1.54) is 19.9 Å². The number of fused-ring (bicyclic) bond motifs is 1. The average Bonchev–Trinajstić information content (AvgIpc) is 2.72. The molecule has 0 saturated heterocycles. The third-order valence-corrected chi connectivity index (χ3v) is 5.58. The third-order valence-electron chi connectivity index (χ3n) is 3.15. The number of aliphatic hydroxyl groups is 1. The Balaban J connectivity index is 2.65. The SMILES string of the molecule is CCOP(=O)(OCC)C1(O)C(=O)Nc2ccc([N+](=O)[O-])cc21. The van der Waals surface area contributed by atoms with Crippen LogP contribution in [0.15, 0.2) is 18.2 Å². The summed E-state index contributed by atoms with van der Waals surface area (Å²) in [4.78, 5) is 22.4. The minimum atomic E-state index is -4.30. The van der Waals surface area contributed by atoms with Gasteiger partial charge in [-0.1, -0.05) is 0 Å². The molecule has 1 aliphatic rings. The number of rotatable bonds is 6. The van der Waals surface area contributed by atoms with E-state index in [1.54, 1.807) is 0 Å². The van der Waals surface area contributed by atoms with Crippen LogP contribution in [0.3, 0.4) is 0 Å². The number of hydrogen-bond donors (Lipinski definition) is 2. The van der Waals surface area contributed by atoms with Gasteiger partial charge in [0, 0.05) is 23.4 Å². The average molecular weight is 330 g/mol. The Morgan fingerprint density at radius 2 is 1.95 bits per heavy atom. The molecule has 22 heavy (non-hydrogen) atoms. The maximum atomic E-state index is 12.9. The molecule has 9 nitrogen and oxygen atoms in total. The summed E-state index contributed by atoms with van der Waals surface area (Å²) < 4.78 is 22.9. The van der Waals surface area contributed by atoms with Gasteiger partial charge in [0.05, 0.1) is 18.1 Å². The number of benzene rings is 1. The molecule has 10 heteroatoms. The number of nitro groups is 1. The zero-order valence-corrected chi connectivity index (χ0v) is 12.8. The van der Waals surface area contributed by atoms with E-state index in [2.05, 4.69) is 5.32 Å². The Morgan fingerprint density at radius 1 is 1.36 bits per heavy atom. The van der Waals surface area contributed by atoms with Crippen molar-refractivity contribution in [1.82, 2.24) is 0 Å². The van der Waals surface area contributed by atoms with E-state index in [4.69, 9.17) is 9.05 Å². The molecule has 2 N–H and O–H groups in total. The fourth-order valence-corrected chi connectivity index (χ4v) is 4.12. The quantitative estimate of drug-likeness (QED) is 0.463. The molecule has 0 aromatic heterocycles. The van der Waals surface area contributed by atoms with Crippen molar-refractivity contribution in [3.8, 4) is 0 Å². The molecule has 1 unspecified atom stereocenters. The molecule has 1 aliphatic heterocycles. The number of anilines is 1. The lowest BCUT2D eigenvalue weighted by molar-refractivity contribution is -0.384. The van der Waals surface area contributed by atoms with Crippen molar-refractivity contribution in [2.45, 2.75) is 19.2 Å². The normalized spacial score (nSPS) is 20.6. The van der Waals surface area contributed by atoms with Crippen LogP contribution < -0.4 is 5.32 Å². The summed E-state index contributed by atoms with van der Waals surface area (Å²) in [5.41, 5.74) is -0.428. The number of carbonyl (C=O) groups excluding carboxylic acids is 1. The highest BCUT2D eigenvalue weighted by Crippen LogP contribution is 2.66. The first-order valence-electron chi connectivity index (χ1n) is 6.52. The molecule has 0 bridgehead atoms. The Kier molecular flexibility index (Phi) is 4.35. The van der Waals surface area contributed by atoms with Crippen molar-refractivity contribution in [2.75, 3.05) is 18.5 Å². The van der Waals surface area contributed by atoms with Crippen LogP contribution in [0.1, 0.15) is 19.4 Å². The van der Waals surface area contributed by atoms with Crippen LogP contribution >= 0.6 is 7.60 Å². The van der Waals surface area contributed by atoms with E-state index in [-0.39, 0.29) is 30.2 Å². The zero-order chi connectivity index (χ0) is 16.5. The Labute approximate surface area is 125 Å². The largest absolute Gasteiger partial charge is 0.376 e.